The van der Waals surface area contributed by atoms with Gasteiger partial charge in [0.15, 0.2) is 0 Å². The Labute approximate surface area is 252 Å². The average Bonchev–Trinajstić information content (AvgIpc) is 3.38. The van der Waals surface area contributed by atoms with E-state index in [1.165, 1.54) is 4.90 Å². The number of nitrogens with one attached hydrogen (secondary N) is 2. The van der Waals surface area contributed by atoms with Crippen molar-refractivity contribution >= 4 is 23.5 Å². The van der Waals surface area contributed by atoms with Crippen molar-refractivity contribution in [2.45, 2.75) is 75.9 Å². The number of carbonyl (C=O) groups is 4. The van der Waals surface area contributed by atoms with Crippen molar-refractivity contribution in [3.63, 3.8) is 0 Å². The molecule has 3 amide bonds. The third-order valence-corrected chi connectivity index (χ3v) is 8.21. The van der Waals surface area contributed by atoms with Crippen LogP contribution < -0.4 is 15.4 Å². The van der Waals surface area contributed by atoms with Crippen LogP contribution in [0.3, 0.4) is 0 Å². The zero-order valence-corrected chi connectivity index (χ0v) is 24.4. The summed E-state index contributed by atoms with van der Waals surface area (Å²) in [6.45, 7) is 0.355. The lowest BCUT2D eigenvalue weighted by Gasteiger charge is -2.29. The van der Waals surface area contributed by atoms with Crippen LogP contribution in [0, 0.1) is 0 Å². The summed E-state index contributed by atoms with van der Waals surface area (Å²) in [4.78, 5) is 55.3. The van der Waals surface area contributed by atoms with Gasteiger partial charge < -0.3 is 20.3 Å². The Hall–Kier alpha value is -4.46. The molecule has 8 heteroatoms. The van der Waals surface area contributed by atoms with Gasteiger partial charge in [-0.2, -0.15) is 0 Å². The smallest absolute Gasteiger partial charge is 0.289 e. The number of rotatable bonds is 10. The molecule has 2 aliphatic rings. The second-order valence-corrected chi connectivity index (χ2v) is 11.4. The van der Waals surface area contributed by atoms with E-state index < -0.39 is 29.7 Å². The minimum absolute atomic E-state index is 0.00347. The second kappa shape index (κ2) is 14.6. The summed E-state index contributed by atoms with van der Waals surface area (Å²) in [5.74, 6) is -0.853. The molecule has 43 heavy (non-hydrogen) atoms. The molecule has 0 aromatic heterocycles. The molecule has 1 unspecified atom stereocenters. The number of nitrogens with zero attached hydrogens (tertiary/aromatic N) is 1. The third-order valence-electron chi connectivity index (χ3n) is 8.21. The van der Waals surface area contributed by atoms with E-state index in [0.29, 0.717) is 36.4 Å². The maximum atomic E-state index is 14.0. The largest absolute Gasteiger partial charge is 0.457 e. The van der Waals surface area contributed by atoms with E-state index in [4.69, 9.17) is 4.74 Å². The van der Waals surface area contributed by atoms with Crippen LogP contribution in [-0.2, 0) is 20.8 Å². The number of benzene rings is 3. The van der Waals surface area contributed by atoms with Crippen molar-refractivity contribution in [1.82, 2.24) is 15.5 Å². The first kappa shape index (κ1) is 30.0. The van der Waals surface area contributed by atoms with Gasteiger partial charge in [0.2, 0.25) is 11.7 Å². The van der Waals surface area contributed by atoms with Gasteiger partial charge in [0.05, 0.1) is 0 Å². The van der Waals surface area contributed by atoms with Crippen LogP contribution >= 0.6 is 0 Å². The standard InChI is InChI=1S/C35H39N3O5/c39-32(34(41)36-27-16-7-1-2-8-17-27)31-21-12-22-38(31)35(42)30(23-25-13-5-3-6-14-25)37-33(40)26-15-11-20-29(24-26)43-28-18-9-4-10-19-28/h3-6,9-11,13-15,18-20,24,27,30-31H,1-2,7-8,12,16-17,21-23H2,(H,36,41)(H,37,40)/t30-,31?/m0/s1. The molecule has 0 radical (unpaired) electrons. The summed E-state index contributed by atoms with van der Waals surface area (Å²) < 4.78 is 5.89. The van der Waals surface area contributed by atoms with Crippen LogP contribution in [0.4, 0.5) is 0 Å². The number of ketones is 1. The highest BCUT2D eigenvalue weighted by atomic mass is 16.5. The maximum absolute atomic E-state index is 14.0. The van der Waals surface area contributed by atoms with Crippen molar-refractivity contribution in [3.8, 4) is 11.5 Å². The van der Waals surface area contributed by atoms with Gasteiger partial charge in [0, 0.05) is 24.6 Å². The Kier molecular flexibility index (Phi) is 10.2. The lowest BCUT2D eigenvalue weighted by Crippen LogP contribution is -2.54. The number of amides is 3. The highest BCUT2D eigenvalue weighted by Gasteiger charge is 2.40. The number of carbonyl (C=O) groups excluding carboxylic acids is 4. The summed E-state index contributed by atoms with van der Waals surface area (Å²) in [6.07, 6.45) is 7.39. The van der Waals surface area contributed by atoms with Crippen molar-refractivity contribution in [1.29, 1.82) is 0 Å². The van der Waals surface area contributed by atoms with Crippen LogP contribution in [0.25, 0.3) is 0 Å². The summed E-state index contributed by atoms with van der Waals surface area (Å²) >= 11 is 0. The Morgan fingerprint density at radius 3 is 2.16 bits per heavy atom. The van der Waals surface area contributed by atoms with E-state index in [1.54, 1.807) is 24.3 Å². The Morgan fingerprint density at radius 1 is 0.767 bits per heavy atom. The molecule has 3 aromatic rings. The summed E-state index contributed by atoms with van der Waals surface area (Å²) in [5.41, 5.74) is 1.21. The van der Waals surface area contributed by atoms with E-state index in [9.17, 15) is 19.2 Å². The van der Waals surface area contributed by atoms with Gasteiger partial charge in [-0.3, -0.25) is 19.2 Å². The SMILES string of the molecule is O=C(NC1CCCCCC1)C(=O)C1CCCN1C(=O)[C@H](Cc1ccccc1)NC(=O)c1cccc(Oc2ccccc2)c1. The van der Waals surface area contributed by atoms with Gasteiger partial charge in [-0.25, -0.2) is 0 Å². The Balaban J connectivity index is 1.30. The predicted octanol–water partition coefficient (Wildman–Crippen LogP) is 5.22. The highest BCUT2D eigenvalue weighted by molar-refractivity contribution is 6.38. The first-order valence-corrected chi connectivity index (χ1v) is 15.3. The zero-order valence-electron chi connectivity index (χ0n) is 24.4. The lowest BCUT2D eigenvalue weighted by molar-refractivity contribution is -0.145. The number of likely N-dealkylation sites (tertiary alicyclic amines) is 1. The van der Waals surface area contributed by atoms with Crippen molar-refractivity contribution < 1.29 is 23.9 Å². The fraction of sp³-hybridized carbons (Fsp3) is 0.371. The van der Waals surface area contributed by atoms with E-state index in [1.807, 2.05) is 60.7 Å². The van der Waals surface area contributed by atoms with Gasteiger partial charge in [-0.1, -0.05) is 80.3 Å². The normalized spacial score (nSPS) is 17.9. The predicted molar refractivity (Wildman–Crippen MR) is 164 cm³/mol. The van der Waals surface area contributed by atoms with Crippen LogP contribution in [0.2, 0.25) is 0 Å². The fourth-order valence-electron chi connectivity index (χ4n) is 5.95. The third kappa shape index (κ3) is 8.09. The molecule has 2 fully saturated rings. The minimum atomic E-state index is -0.924. The summed E-state index contributed by atoms with van der Waals surface area (Å²) in [6, 6.07) is 23.7. The molecule has 1 saturated heterocycles. The molecular formula is C35H39N3O5. The monoisotopic (exact) mass is 581 g/mol. The molecule has 8 nitrogen and oxygen atoms in total. The molecule has 1 aliphatic carbocycles. The molecule has 3 aromatic carbocycles. The molecule has 1 aliphatic heterocycles. The van der Waals surface area contributed by atoms with Crippen molar-refractivity contribution in [3.05, 3.63) is 96.1 Å². The first-order chi connectivity index (χ1) is 21.0. The minimum Gasteiger partial charge on any atom is -0.457 e. The molecule has 224 valence electrons. The molecule has 2 atom stereocenters. The van der Waals surface area contributed by atoms with E-state index in [0.717, 1.165) is 44.1 Å². The Bertz CT molecular complexity index is 1400. The maximum Gasteiger partial charge on any atom is 0.289 e. The molecule has 0 bridgehead atoms. The van der Waals surface area contributed by atoms with E-state index in [2.05, 4.69) is 10.6 Å². The summed E-state index contributed by atoms with van der Waals surface area (Å²) in [5, 5.41) is 5.85. The Morgan fingerprint density at radius 2 is 1.44 bits per heavy atom. The topological polar surface area (TPSA) is 105 Å². The van der Waals surface area contributed by atoms with E-state index >= 15 is 0 Å². The number of ether oxygens (including phenoxy) is 1. The van der Waals surface area contributed by atoms with Gasteiger partial charge in [-0.05, 0) is 61.6 Å². The van der Waals surface area contributed by atoms with Gasteiger partial charge in [0.1, 0.15) is 23.6 Å². The lowest BCUT2D eigenvalue weighted by atomic mass is 10.0. The zero-order chi connectivity index (χ0) is 30.0. The molecule has 5 rings (SSSR count). The second-order valence-electron chi connectivity index (χ2n) is 11.4. The average molecular weight is 582 g/mol. The number of para-hydroxylation sites is 1. The molecule has 1 heterocycles. The van der Waals surface area contributed by atoms with Gasteiger partial charge >= 0.3 is 0 Å². The molecule has 1 saturated carbocycles. The number of hydrogen-bond acceptors (Lipinski definition) is 5. The van der Waals surface area contributed by atoms with Crippen molar-refractivity contribution in [2.75, 3.05) is 6.54 Å². The number of Topliss-reactive ketones (excluding diaryl/α,β-unsaturated/α-hetero) is 1. The van der Waals surface area contributed by atoms with Gasteiger partial charge in [-0.15, -0.1) is 0 Å². The number of hydrogen-bond donors (Lipinski definition) is 2. The quantitative estimate of drug-likeness (QED) is 0.252. The highest BCUT2D eigenvalue weighted by Crippen LogP contribution is 2.24. The van der Waals surface area contributed by atoms with E-state index in [-0.39, 0.29) is 18.4 Å². The van der Waals surface area contributed by atoms with Crippen LogP contribution in [0.15, 0.2) is 84.9 Å². The first-order valence-electron chi connectivity index (χ1n) is 15.3. The van der Waals surface area contributed by atoms with Crippen molar-refractivity contribution in [2.24, 2.45) is 0 Å². The molecule has 2 N–H and O–H groups in total. The van der Waals surface area contributed by atoms with Gasteiger partial charge in [0.25, 0.3) is 11.8 Å². The van der Waals surface area contributed by atoms with Crippen LogP contribution in [-0.4, -0.2) is 53.1 Å². The van der Waals surface area contributed by atoms with Crippen LogP contribution in [0.1, 0.15) is 67.3 Å². The fourth-order valence-corrected chi connectivity index (χ4v) is 5.95. The van der Waals surface area contributed by atoms with Crippen LogP contribution in [0.5, 0.6) is 11.5 Å². The molecular weight excluding hydrogens is 542 g/mol. The summed E-state index contributed by atoms with van der Waals surface area (Å²) in [7, 11) is 0. The molecule has 0 spiro atoms.